The number of nitriles is 1. The monoisotopic (exact) mass is 551 g/mol. The van der Waals surface area contributed by atoms with Crippen LogP contribution >= 0.6 is 39.3 Å². The molecular weight excluding hydrogens is 534 g/mol. The highest BCUT2D eigenvalue weighted by atomic mass is 79.9. The molecule has 0 aliphatic carbocycles. The van der Waals surface area contributed by atoms with Gasteiger partial charge >= 0.3 is 0 Å². The van der Waals surface area contributed by atoms with E-state index >= 15 is 0 Å². The van der Waals surface area contributed by atoms with Crippen LogP contribution in [-0.4, -0.2) is 17.1 Å². The molecule has 170 valence electrons. The Balaban J connectivity index is 1.70. The molecule has 1 saturated heterocycles. The smallest absolute Gasteiger partial charge is 0.269 e. The molecule has 3 aromatic carbocycles. The topological polar surface area (TPSA) is 73.2 Å². The van der Waals surface area contributed by atoms with E-state index in [9.17, 15) is 14.9 Å². The van der Waals surface area contributed by atoms with Gasteiger partial charge in [0.25, 0.3) is 5.91 Å². The summed E-state index contributed by atoms with van der Waals surface area (Å²) in [6.45, 7) is 1.86. The van der Waals surface area contributed by atoms with Gasteiger partial charge in [-0.2, -0.15) is 5.26 Å². The van der Waals surface area contributed by atoms with Crippen LogP contribution in [0.5, 0.6) is 0 Å². The van der Waals surface area contributed by atoms with Crippen molar-refractivity contribution in [2.24, 2.45) is 0 Å². The van der Waals surface area contributed by atoms with Crippen LogP contribution in [0.4, 0.5) is 11.4 Å². The molecule has 1 aliphatic heterocycles. The number of carbonyl (C=O) groups excluding carboxylic acids is 2. The first-order valence-corrected chi connectivity index (χ1v) is 12.4. The minimum Gasteiger partial charge on any atom is -0.321 e. The number of anilines is 2. The number of amides is 2. The summed E-state index contributed by atoms with van der Waals surface area (Å²) in [7, 11) is 0. The number of nitrogens with one attached hydrogen (secondary N) is 1. The maximum Gasteiger partial charge on any atom is 0.269 e. The third-order valence-corrected chi connectivity index (χ3v) is 7.48. The van der Waals surface area contributed by atoms with Crippen molar-refractivity contribution < 1.29 is 9.59 Å². The molecule has 2 amide bonds. The summed E-state index contributed by atoms with van der Waals surface area (Å²) in [6, 6.07) is 23.9. The lowest BCUT2D eigenvalue weighted by Crippen LogP contribution is -2.30. The van der Waals surface area contributed by atoms with Crippen molar-refractivity contribution in [2.45, 2.75) is 18.6 Å². The molecular formula is C26H19BrClN3O2S. The molecule has 34 heavy (non-hydrogen) atoms. The Morgan fingerprint density at radius 3 is 2.50 bits per heavy atom. The Kier molecular flexibility index (Phi) is 7.42. The summed E-state index contributed by atoms with van der Waals surface area (Å²) in [4.78, 5) is 28.1. The molecule has 1 atom stereocenters. The Labute approximate surface area is 215 Å². The van der Waals surface area contributed by atoms with E-state index in [1.807, 2.05) is 55.5 Å². The Hall–Kier alpha value is -3.05. The Bertz CT molecular complexity index is 1320. The summed E-state index contributed by atoms with van der Waals surface area (Å²) in [6.07, 6.45) is 0.470. The van der Waals surface area contributed by atoms with Gasteiger partial charge in [0.2, 0.25) is 5.91 Å². The van der Waals surface area contributed by atoms with Crippen LogP contribution in [0.25, 0.3) is 0 Å². The van der Waals surface area contributed by atoms with Gasteiger partial charge in [-0.25, -0.2) is 0 Å². The summed E-state index contributed by atoms with van der Waals surface area (Å²) in [5, 5.41) is 13.0. The third-order valence-electron chi connectivity index (χ3n) is 5.28. The molecule has 8 heteroatoms. The quantitative estimate of drug-likeness (QED) is 0.291. The molecule has 1 aliphatic rings. The van der Waals surface area contributed by atoms with Gasteiger partial charge in [-0.05, 0) is 60.9 Å². The fraction of sp³-hybridized carbons (Fsp3) is 0.115. The highest BCUT2D eigenvalue weighted by molar-refractivity contribution is 9.10. The molecule has 0 aromatic heterocycles. The predicted molar refractivity (Wildman–Crippen MR) is 141 cm³/mol. The number of nitrogens with zero attached hydrogens (tertiary/aromatic N) is 2. The van der Waals surface area contributed by atoms with Crippen molar-refractivity contribution in [1.29, 1.82) is 5.26 Å². The van der Waals surface area contributed by atoms with Crippen LogP contribution in [-0.2, 0) is 16.0 Å². The van der Waals surface area contributed by atoms with Crippen molar-refractivity contribution in [3.63, 3.8) is 0 Å². The van der Waals surface area contributed by atoms with E-state index in [0.717, 1.165) is 15.6 Å². The Morgan fingerprint density at radius 1 is 1.15 bits per heavy atom. The molecule has 0 unspecified atom stereocenters. The second kappa shape index (κ2) is 10.5. The van der Waals surface area contributed by atoms with Gasteiger partial charge in [0.1, 0.15) is 16.7 Å². The summed E-state index contributed by atoms with van der Waals surface area (Å²) in [5.74, 6) is -0.768. The van der Waals surface area contributed by atoms with Gasteiger partial charge in [0.15, 0.2) is 0 Å². The SMILES string of the molecule is Cc1ccc(NC(=O)/C(C#N)=C2\S[C@H](Cc3ccc(Br)cc3)C(=O)N2c2ccccc2)cc1Cl. The lowest BCUT2D eigenvalue weighted by Gasteiger charge is -2.18. The first kappa shape index (κ1) is 24.1. The number of hydrogen-bond donors (Lipinski definition) is 1. The van der Waals surface area contributed by atoms with E-state index in [1.165, 1.54) is 16.7 Å². The molecule has 1 fully saturated rings. The molecule has 1 heterocycles. The number of thioether (sulfide) groups is 1. The minimum absolute atomic E-state index is 0.128. The van der Waals surface area contributed by atoms with E-state index in [4.69, 9.17) is 11.6 Å². The normalized spacial score (nSPS) is 16.8. The van der Waals surface area contributed by atoms with Crippen LogP contribution in [0.1, 0.15) is 11.1 Å². The fourth-order valence-electron chi connectivity index (χ4n) is 3.50. The van der Waals surface area contributed by atoms with Gasteiger partial charge < -0.3 is 5.32 Å². The van der Waals surface area contributed by atoms with E-state index < -0.39 is 11.2 Å². The number of para-hydroxylation sites is 1. The molecule has 0 radical (unpaired) electrons. The molecule has 1 N–H and O–H groups in total. The lowest BCUT2D eigenvalue weighted by molar-refractivity contribution is -0.117. The average Bonchev–Trinajstić information content (AvgIpc) is 3.14. The molecule has 3 aromatic rings. The highest BCUT2D eigenvalue weighted by Gasteiger charge is 2.40. The lowest BCUT2D eigenvalue weighted by atomic mass is 10.1. The van der Waals surface area contributed by atoms with Gasteiger partial charge in [-0.15, -0.1) is 0 Å². The zero-order valence-electron chi connectivity index (χ0n) is 18.1. The first-order chi connectivity index (χ1) is 16.4. The van der Waals surface area contributed by atoms with Crippen LogP contribution < -0.4 is 10.2 Å². The number of benzene rings is 3. The summed E-state index contributed by atoms with van der Waals surface area (Å²) >= 11 is 10.8. The van der Waals surface area contributed by atoms with Crippen molar-refractivity contribution in [3.05, 3.63) is 104 Å². The van der Waals surface area contributed by atoms with E-state index in [2.05, 4.69) is 21.2 Å². The Morgan fingerprint density at radius 2 is 1.85 bits per heavy atom. The van der Waals surface area contributed by atoms with E-state index in [0.29, 0.717) is 27.8 Å². The van der Waals surface area contributed by atoms with Crippen molar-refractivity contribution in [2.75, 3.05) is 10.2 Å². The predicted octanol–water partition coefficient (Wildman–Crippen LogP) is 6.48. The standard InChI is InChI=1S/C26H19BrClN3O2S/c1-16-7-12-19(14-22(16)28)30-24(32)21(15-29)26-31(20-5-3-2-4-6-20)25(33)23(34-26)13-17-8-10-18(27)11-9-17/h2-12,14,23H,13H2,1H3,(H,30,32)/b26-21-/t23-/m1/s1. The van der Waals surface area contributed by atoms with Crippen LogP contribution in [0.3, 0.4) is 0 Å². The van der Waals surface area contributed by atoms with Crippen LogP contribution in [0, 0.1) is 18.3 Å². The zero-order chi connectivity index (χ0) is 24.2. The van der Waals surface area contributed by atoms with Crippen molar-refractivity contribution in [3.8, 4) is 6.07 Å². The number of carbonyl (C=O) groups is 2. The van der Waals surface area contributed by atoms with Crippen molar-refractivity contribution >= 4 is 62.5 Å². The first-order valence-electron chi connectivity index (χ1n) is 10.4. The van der Waals surface area contributed by atoms with Gasteiger partial charge in [0, 0.05) is 20.9 Å². The molecule has 0 saturated carbocycles. The fourth-order valence-corrected chi connectivity index (χ4v) is 5.25. The van der Waals surface area contributed by atoms with Crippen molar-refractivity contribution in [1.82, 2.24) is 0 Å². The van der Waals surface area contributed by atoms with Gasteiger partial charge in [-0.1, -0.05) is 75.7 Å². The number of rotatable bonds is 5. The number of hydrogen-bond acceptors (Lipinski definition) is 4. The maximum atomic E-state index is 13.5. The molecule has 5 nitrogen and oxygen atoms in total. The highest BCUT2D eigenvalue weighted by Crippen LogP contribution is 2.42. The minimum atomic E-state index is -0.594. The largest absolute Gasteiger partial charge is 0.321 e. The van der Waals surface area contributed by atoms with E-state index in [1.54, 1.807) is 30.3 Å². The van der Waals surface area contributed by atoms with E-state index in [-0.39, 0.29) is 11.5 Å². The molecule has 4 rings (SSSR count). The zero-order valence-corrected chi connectivity index (χ0v) is 21.2. The summed E-state index contributed by atoms with van der Waals surface area (Å²) in [5.41, 5.74) is 2.81. The average molecular weight is 553 g/mol. The number of aryl methyl sites for hydroxylation is 1. The molecule has 0 spiro atoms. The third kappa shape index (κ3) is 5.20. The summed E-state index contributed by atoms with van der Waals surface area (Å²) < 4.78 is 0.952. The second-order valence-corrected chi connectivity index (χ2v) is 10.2. The van der Waals surface area contributed by atoms with Gasteiger partial charge in [-0.3, -0.25) is 14.5 Å². The van der Waals surface area contributed by atoms with Crippen LogP contribution in [0.15, 0.2) is 87.9 Å². The maximum absolute atomic E-state index is 13.5. The number of halogens is 2. The van der Waals surface area contributed by atoms with Crippen LogP contribution in [0.2, 0.25) is 5.02 Å². The van der Waals surface area contributed by atoms with Gasteiger partial charge in [0.05, 0.1) is 5.25 Å². The molecule has 0 bridgehead atoms. The second-order valence-electron chi connectivity index (χ2n) is 7.66.